The topological polar surface area (TPSA) is 46.3 Å². The average Bonchev–Trinajstić information content (AvgIpc) is 2.36. The van der Waals surface area contributed by atoms with E-state index in [0.717, 1.165) is 12.8 Å². The van der Waals surface area contributed by atoms with Gasteiger partial charge in [0.15, 0.2) is 0 Å². The van der Waals surface area contributed by atoms with Crippen molar-refractivity contribution in [1.82, 2.24) is 4.90 Å². The second kappa shape index (κ2) is 5.74. The Kier molecular flexibility index (Phi) is 4.25. The summed E-state index contributed by atoms with van der Waals surface area (Å²) < 4.78 is 0. The van der Waals surface area contributed by atoms with E-state index < -0.39 is 0 Å². The van der Waals surface area contributed by atoms with Gasteiger partial charge in [-0.25, -0.2) is 0 Å². The minimum Gasteiger partial charge on any atom is -0.341 e. The lowest BCUT2D eigenvalue weighted by molar-refractivity contribution is -0.134. The molecule has 1 amide bonds. The van der Waals surface area contributed by atoms with Crippen LogP contribution in [0.2, 0.25) is 0 Å². The summed E-state index contributed by atoms with van der Waals surface area (Å²) in [5.41, 5.74) is 8.37. The highest BCUT2D eigenvalue weighted by Gasteiger charge is 2.38. The summed E-state index contributed by atoms with van der Waals surface area (Å²) in [5.74, 6) is 0.216. The molecule has 3 heteroatoms. The lowest BCUT2D eigenvalue weighted by Crippen LogP contribution is -2.42. The highest BCUT2D eigenvalue weighted by atomic mass is 16.2. The highest BCUT2D eigenvalue weighted by molar-refractivity contribution is 5.76. The molecule has 0 heterocycles. The molecular formula is C16H24N2O. The highest BCUT2D eigenvalue weighted by Crippen LogP contribution is 2.43. The lowest BCUT2D eigenvalue weighted by Gasteiger charge is -2.41. The van der Waals surface area contributed by atoms with Crippen LogP contribution in [0.25, 0.3) is 0 Å². The molecule has 0 bridgehead atoms. The third kappa shape index (κ3) is 3.16. The predicted molar refractivity (Wildman–Crippen MR) is 77.6 cm³/mol. The molecule has 0 aliphatic heterocycles. The SMILES string of the molecule is Cc1ccccc1CN(C)C(=O)CC1(CN)CCC1. The van der Waals surface area contributed by atoms with Gasteiger partial charge >= 0.3 is 0 Å². The van der Waals surface area contributed by atoms with Crippen molar-refractivity contribution < 1.29 is 4.79 Å². The standard InChI is InChI=1S/C16H24N2O/c1-13-6-3-4-7-14(13)11-18(2)15(19)10-16(12-17)8-5-9-16/h3-4,6-7H,5,8-12,17H2,1-2H3. The van der Waals surface area contributed by atoms with Crippen molar-refractivity contribution in [3.63, 3.8) is 0 Å². The zero-order valence-electron chi connectivity index (χ0n) is 12.0. The lowest BCUT2D eigenvalue weighted by atomic mass is 9.66. The Hall–Kier alpha value is -1.35. The van der Waals surface area contributed by atoms with Gasteiger partial charge in [0, 0.05) is 20.0 Å². The Balaban J connectivity index is 1.94. The molecule has 0 unspecified atom stereocenters. The minimum absolute atomic E-state index is 0.0943. The number of rotatable bonds is 5. The molecule has 1 aromatic rings. The fourth-order valence-electron chi connectivity index (χ4n) is 2.72. The van der Waals surface area contributed by atoms with Gasteiger partial charge in [0.1, 0.15) is 0 Å². The third-order valence-corrected chi connectivity index (χ3v) is 4.47. The normalized spacial score (nSPS) is 16.8. The summed E-state index contributed by atoms with van der Waals surface area (Å²) >= 11 is 0. The molecule has 2 rings (SSSR count). The second-order valence-electron chi connectivity index (χ2n) is 5.91. The molecule has 1 aliphatic rings. The smallest absolute Gasteiger partial charge is 0.223 e. The number of amides is 1. The van der Waals surface area contributed by atoms with Gasteiger partial charge < -0.3 is 10.6 Å². The monoisotopic (exact) mass is 260 g/mol. The van der Waals surface area contributed by atoms with Crippen LogP contribution >= 0.6 is 0 Å². The first-order valence-electron chi connectivity index (χ1n) is 7.05. The van der Waals surface area contributed by atoms with Gasteiger partial charge in [0.2, 0.25) is 5.91 Å². The van der Waals surface area contributed by atoms with Gasteiger partial charge in [-0.05, 0) is 42.9 Å². The maximum atomic E-state index is 12.3. The van der Waals surface area contributed by atoms with E-state index in [1.165, 1.54) is 17.5 Å². The van der Waals surface area contributed by atoms with E-state index in [1.54, 1.807) is 0 Å². The van der Waals surface area contributed by atoms with Crippen molar-refractivity contribution in [3.8, 4) is 0 Å². The number of carbonyl (C=O) groups is 1. The first-order chi connectivity index (χ1) is 9.06. The van der Waals surface area contributed by atoms with Crippen molar-refractivity contribution in [3.05, 3.63) is 35.4 Å². The molecule has 104 valence electrons. The molecule has 0 aromatic heterocycles. The summed E-state index contributed by atoms with van der Waals surface area (Å²) in [6, 6.07) is 8.22. The molecule has 3 nitrogen and oxygen atoms in total. The van der Waals surface area contributed by atoms with Crippen LogP contribution in [-0.2, 0) is 11.3 Å². The molecule has 0 atom stereocenters. The van der Waals surface area contributed by atoms with Crippen LogP contribution in [-0.4, -0.2) is 24.4 Å². The number of hydrogen-bond donors (Lipinski definition) is 1. The number of carbonyl (C=O) groups excluding carboxylic acids is 1. The van der Waals surface area contributed by atoms with E-state index in [2.05, 4.69) is 19.1 Å². The molecule has 1 aliphatic carbocycles. The Morgan fingerprint density at radius 3 is 2.58 bits per heavy atom. The number of aryl methyl sites for hydroxylation is 1. The van der Waals surface area contributed by atoms with Crippen molar-refractivity contribution in [2.75, 3.05) is 13.6 Å². The van der Waals surface area contributed by atoms with Crippen LogP contribution in [0.1, 0.15) is 36.8 Å². The van der Waals surface area contributed by atoms with Gasteiger partial charge in [-0.15, -0.1) is 0 Å². The molecule has 0 radical (unpaired) electrons. The van der Waals surface area contributed by atoms with Crippen LogP contribution in [0.3, 0.4) is 0 Å². The summed E-state index contributed by atoms with van der Waals surface area (Å²) in [5, 5.41) is 0. The van der Waals surface area contributed by atoms with Crippen LogP contribution < -0.4 is 5.73 Å². The summed E-state index contributed by atoms with van der Waals surface area (Å²) in [7, 11) is 1.89. The van der Waals surface area contributed by atoms with Crippen LogP contribution in [0, 0.1) is 12.3 Å². The molecule has 2 N–H and O–H groups in total. The molecule has 1 saturated carbocycles. The maximum Gasteiger partial charge on any atom is 0.223 e. The first kappa shape index (κ1) is 14.1. The van der Waals surface area contributed by atoms with E-state index in [0.29, 0.717) is 19.5 Å². The van der Waals surface area contributed by atoms with E-state index in [1.807, 2.05) is 24.1 Å². The molecular weight excluding hydrogens is 236 g/mol. The Morgan fingerprint density at radius 2 is 2.05 bits per heavy atom. The fraction of sp³-hybridized carbons (Fsp3) is 0.562. The quantitative estimate of drug-likeness (QED) is 0.884. The van der Waals surface area contributed by atoms with Gasteiger partial charge in [-0.3, -0.25) is 4.79 Å². The zero-order valence-corrected chi connectivity index (χ0v) is 12.0. The van der Waals surface area contributed by atoms with Gasteiger partial charge in [-0.2, -0.15) is 0 Å². The Labute approximate surface area is 115 Å². The van der Waals surface area contributed by atoms with Gasteiger partial charge in [0.05, 0.1) is 0 Å². The molecule has 19 heavy (non-hydrogen) atoms. The van der Waals surface area contributed by atoms with Crippen LogP contribution in [0.15, 0.2) is 24.3 Å². The first-order valence-corrected chi connectivity index (χ1v) is 7.05. The number of hydrogen-bond acceptors (Lipinski definition) is 2. The van der Waals surface area contributed by atoms with E-state index in [-0.39, 0.29) is 11.3 Å². The number of nitrogens with zero attached hydrogens (tertiary/aromatic N) is 1. The predicted octanol–water partition coefficient (Wildman–Crippen LogP) is 2.47. The Morgan fingerprint density at radius 1 is 1.37 bits per heavy atom. The maximum absolute atomic E-state index is 12.3. The van der Waals surface area contributed by atoms with Gasteiger partial charge in [-0.1, -0.05) is 30.7 Å². The average molecular weight is 260 g/mol. The van der Waals surface area contributed by atoms with Crippen molar-refractivity contribution in [1.29, 1.82) is 0 Å². The molecule has 0 spiro atoms. The van der Waals surface area contributed by atoms with E-state index in [9.17, 15) is 4.79 Å². The molecule has 0 saturated heterocycles. The van der Waals surface area contributed by atoms with E-state index in [4.69, 9.17) is 5.73 Å². The van der Waals surface area contributed by atoms with E-state index >= 15 is 0 Å². The fourth-order valence-corrected chi connectivity index (χ4v) is 2.72. The molecule has 1 fully saturated rings. The summed E-state index contributed by atoms with van der Waals surface area (Å²) in [6.45, 7) is 3.41. The third-order valence-electron chi connectivity index (χ3n) is 4.47. The molecule has 1 aromatic carbocycles. The van der Waals surface area contributed by atoms with Crippen molar-refractivity contribution >= 4 is 5.91 Å². The van der Waals surface area contributed by atoms with Gasteiger partial charge in [0.25, 0.3) is 0 Å². The van der Waals surface area contributed by atoms with Crippen LogP contribution in [0.4, 0.5) is 0 Å². The second-order valence-corrected chi connectivity index (χ2v) is 5.91. The number of benzene rings is 1. The number of nitrogens with two attached hydrogens (primary N) is 1. The Bertz CT molecular complexity index is 446. The summed E-state index contributed by atoms with van der Waals surface area (Å²) in [4.78, 5) is 14.1. The van der Waals surface area contributed by atoms with Crippen LogP contribution in [0.5, 0.6) is 0 Å². The van der Waals surface area contributed by atoms with Crippen molar-refractivity contribution in [2.24, 2.45) is 11.1 Å². The minimum atomic E-state index is 0.0943. The van der Waals surface area contributed by atoms with Crippen molar-refractivity contribution in [2.45, 2.75) is 39.2 Å². The largest absolute Gasteiger partial charge is 0.341 e. The zero-order chi connectivity index (χ0) is 13.9. The summed E-state index contributed by atoms with van der Waals surface area (Å²) in [6.07, 6.45) is 4.03.